The monoisotopic (exact) mass is 280 g/mol. The number of aromatic nitrogens is 2. The van der Waals surface area contributed by atoms with E-state index < -0.39 is 5.82 Å². The van der Waals surface area contributed by atoms with E-state index >= 15 is 0 Å². The molecule has 19 heavy (non-hydrogen) atoms. The fourth-order valence-corrected chi connectivity index (χ4v) is 1.83. The molecule has 0 fully saturated rings. The minimum Gasteiger partial charge on any atom is -0.373 e. The molecular weight excluding hydrogens is 267 g/mol. The maximum absolute atomic E-state index is 13.0. The third-order valence-corrected chi connectivity index (χ3v) is 2.84. The summed E-state index contributed by atoms with van der Waals surface area (Å²) in [5, 5.41) is 6.23. The van der Waals surface area contributed by atoms with Gasteiger partial charge in [-0.15, -0.1) is 0 Å². The molecule has 1 heterocycles. The van der Waals surface area contributed by atoms with Crippen LogP contribution < -0.4 is 10.6 Å². The lowest BCUT2D eigenvalue weighted by molar-refractivity contribution is 0.627. The van der Waals surface area contributed by atoms with Crippen molar-refractivity contribution in [3.8, 4) is 0 Å². The van der Waals surface area contributed by atoms with Gasteiger partial charge in [0.15, 0.2) is 0 Å². The average molecular weight is 281 g/mol. The zero-order valence-electron chi connectivity index (χ0n) is 10.7. The molecule has 0 aliphatic heterocycles. The number of benzene rings is 1. The van der Waals surface area contributed by atoms with Gasteiger partial charge >= 0.3 is 0 Å². The fraction of sp³-hybridized carbons (Fsp3) is 0.231. The summed E-state index contributed by atoms with van der Waals surface area (Å²) < 4.78 is 13.0. The van der Waals surface area contributed by atoms with Crippen LogP contribution in [0.1, 0.15) is 11.4 Å². The Kier molecular flexibility index (Phi) is 4.16. The molecule has 2 rings (SSSR count). The smallest absolute Gasteiger partial charge is 0.141 e. The minimum atomic E-state index is -0.416. The molecule has 0 aliphatic rings. The molecule has 0 atom stereocenters. The summed E-state index contributed by atoms with van der Waals surface area (Å²) >= 11 is 5.73. The summed E-state index contributed by atoms with van der Waals surface area (Å²) in [6.45, 7) is 2.33. The predicted octanol–water partition coefficient (Wildman–Crippen LogP) is 3.23. The number of aryl methyl sites for hydroxylation is 1. The van der Waals surface area contributed by atoms with Crippen molar-refractivity contribution in [3.63, 3.8) is 0 Å². The molecule has 100 valence electrons. The Morgan fingerprint density at radius 1 is 1.21 bits per heavy atom. The van der Waals surface area contributed by atoms with Gasteiger partial charge in [-0.25, -0.2) is 14.4 Å². The van der Waals surface area contributed by atoms with Gasteiger partial charge in [-0.1, -0.05) is 17.7 Å². The Morgan fingerprint density at radius 3 is 2.63 bits per heavy atom. The maximum atomic E-state index is 13.0. The van der Waals surface area contributed by atoms with Crippen LogP contribution in [0.4, 0.5) is 16.0 Å². The van der Waals surface area contributed by atoms with E-state index in [1.54, 1.807) is 25.2 Å². The fourth-order valence-electron chi connectivity index (χ4n) is 1.63. The average Bonchev–Trinajstić information content (AvgIpc) is 2.39. The number of hydrogen-bond donors (Lipinski definition) is 2. The van der Waals surface area contributed by atoms with Crippen LogP contribution in [-0.4, -0.2) is 17.0 Å². The van der Waals surface area contributed by atoms with Gasteiger partial charge in [0.25, 0.3) is 0 Å². The van der Waals surface area contributed by atoms with Crippen molar-refractivity contribution < 1.29 is 4.39 Å². The molecule has 6 heteroatoms. The molecular formula is C13H14ClFN4. The Bertz CT molecular complexity index is 589. The second-order valence-corrected chi connectivity index (χ2v) is 4.44. The third kappa shape index (κ3) is 3.54. The highest BCUT2D eigenvalue weighted by Gasteiger charge is 2.03. The first-order valence-electron chi connectivity index (χ1n) is 5.79. The van der Waals surface area contributed by atoms with E-state index in [1.807, 2.05) is 6.92 Å². The molecule has 2 N–H and O–H groups in total. The number of nitrogens with one attached hydrogen (secondary N) is 2. The van der Waals surface area contributed by atoms with Crippen molar-refractivity contribution in [3.05, 3.63) is 46.5 Å². The van der Waals surface area contributed by atoms with Crippen LogP contribution in [-0.2, 0) is 6.54 Å². The molecule has 0 aliphatic carbocycles. The van der Waals surface area contributed by atoms with Gasteiger partial charge in [0.2, 0.25) is 0 Å². The molecule has 4 nitrogen and oxygen atoms in total. The van der Waals surface area contributed by atoms with Crippen LogP contribution in [0, 0.1) is 12.7 Å². The normalized spacial score (nSPS) is 10.3. The van der Waals surface area contributed by atoms with E-state index in [0.717, 1.165) is 11.4 Å². The Morgan fingerprint density at radius 2 is 1.95 bits per heavy atom. The van der Waals surface area contributed by atoms with E-state index in [-0.39, 0.29) is 5.02 Å². The molecule has 1 aromatic heterocycles. The standard InChI is InChI=1S/C13H14ClFN4/c1-8-18-12(16-2)6-13(19-8)17-7-9-3-4-11(15)10(14)5-9/h3-6H,7H2,1-2H3,(H2,16,17,18,19). The summed E-state index contributed by atoms with van der Waals surface area (Å²) in [5.74, 6) is 1.71. The highest BCUT2D eigenvalue weighted by molar-refractivity contribution is 6.30. The second-order valence-electron chi connectivity index (χ2n) is 4.04. The first kappa shape index (κ1) is 13.5. The van der Waals surface area contributed by atoms with Crippen LogP contribution in [0.25, 0.3) is 0 Å². The van der Waals surface area contributed by atoms with Crippen LogP contribution >= 0.6 is 11.6 Å². The summed E-state index contributed by atoms with van der Waals surface area (Å²) in [4.78, 5) is 8.47. The lowest BCUT2D eigenvalue weighted by Crippen LogP contribution is -2.05. The largest absolute Gasteiger partial charge is 0.373 e. The first-order chi connectivity index (χ1) is 9.08. The van der Waals surface area contributed by atoms with E-state index in [9.17, 15) is 4.39 Å². The van der Waals surface area contributed by atoms with Crippen LogP contribution in [0.5, 0.6) is 0 Å². The van der Waals surface area contributed by atoms with Gasteiger partial charge in [0, 0.05) is 19.7 Å². The van der Waals surface area contributed by atoms with E-state index in [4.69, 9.17) is 11.6 Å². The third-order valence-electron chi connectivity index (χ3n) is 2.55. The predicted molar refractivity (Wildman–Crippen MR) is 75.1 cm³/mol. The van der Waals surface area contributed by atoms with Crippen molar-refractivity contribution in [2.75, 3.05) is 17.7 Å². The molecule has 0 bridgehead atoms. The molecule has 1 aromatic carbocycles. The maximum Gasteiger partial charge on any atom is 0.141 e. The Hall–Kier alpha value is -1.88. The highest BCUT2D eigenvalue weighted by Crippen LogP contribution is 2.17. The molecule has 0 amide bonds. The summed E-state index contributed by atoms with van der Waals surface area (Å²) in [6, 6.07) is 6.43. The highest BCUT2D eigenvalue weighted by atomic mass is 35.5. The zero-order valence-corrected chi connectivity index (χ0v) is 11.4. The number of halogens is 2. The summed E-state index contributed by atoms with van der Waals surface area (Å²) in [7, 11) is 1.80. The van der Waals surface area contributed by atoms with Gasteiger partial charge in [-0.3, -0.25) is 0 Å². The Balaban J connectivity index is 2.09. The minimum absolute atomic E-state index is 0.120. The Labute approximate surface area is 116 Å². The van der Waals surface area contributed by atoms with Crippen LogP contribution in [0.15, 0.2) is 24.3 Å². The zero-order chi connectivity index (χ0) is 13.8. The number of nitrogens with zero attached hydrogens (tertiary/aromatic N) is 2. The molecule has 0 spiro atoms. The van der Waals surface area contributed by atoms with E-state index in [1.165, 1.54) is 6.07 Å². The molecule has 0 saturated heterocycles. The van der Waals surface area contributed by atoms with Crippen molar-refractivity contribution >= 4 is 23.2 Å². The number of anilines is 2. The van der Waals surface area contributed by atoms with Crippen molar-refractivity contribution in [1.29, 1.82) is 0 Å². The first-order valence-corrected chi connectivity index (χ1v) is 6.17. The molecule has 0 saturated carbocycles. The quantitative estimate of drug-likeness (QED) is 0.903. The van der Waals surface area contributed by atoms with Gasteiger partial charge in [-0.05, 0) is 24.6 Å². The molecule has 0 unspecified atom stereocenters. The molecule has 0 radical (unpaired) electrons. The lowest BCUT2D eigenvalue weighted by atomic mass is 10.2. The lowest BCUT2D eigenvalue weighted by Gasteiger charge is -2.08. The van der Waals surface area contributed by atoms with Gasteiger partial charge in [0.05, 0.1) is 5.02 Å². The summed E-state index contributed by atoms with van der Waals surface area (Å²) in [5.41, 5.74) is 0.883. The van der Waals surface area contributed by atoms with Crippen molar-refractivity contribution in [2.24, 2.45) is 0 Å². The van der Waals surface area contributed by atoms with Crippen molar-refractivity contribution in [1.82, 2.24) is 9.97 Å². The van der Waals surface area contributed by atoms with Crippen LogP contribution in [0.2, 0.25) is 5.02 Å². The molecule has 2 aromatic rings. The van der Waals surface area contributed by atoms with Crippen LogP contribution in [0.3, 0.4) is 0 Å². The van der Waals surface area contributed by atoms with Crippen molar-refractivity contribution in [2.45, 2.75) is 13.5 Å². The van der Waals surface area contributed by atoms with E-state index in [0.29, 0.717) is 18.2 Å². The topological polar surface area (TPSA) is 49.8 Å². The van der Waals surface area contributed by atoms with Gasteiger partial charge < -0.3 is 10.6 Å². The summed E-state index contributed by atoms with van der Waals surface area (Å²) in [6.07, 6.45) is 0. The van der Waals surface area contributed by atoms with E-state index in [2.05, 4.69) is 20.6 Å². The van der Waals surface area contributed by atoms with Gasteiger partial charge in [0.1, 0.15) is 23.3 Å². The number of hydrogen-bond acceptors (Lipinski definition) is 4. The SMILES string of the molecule is CNc1cc(NCc2ccc(F)c(Cl)c2)nc(C)n1. The van der Waals surface area contributed by atoms with Gasteiger partial charge in [-0.2, -0.15) is 0 Å². The number of rotatable bonds is 4. The second kappa shape index (κ2) is 5.84.